The first-order chi connectivity index (χ1) is 10.0. The van der Waals surface area contributed by atoms with E-state index in [4.69, 9.17) is 5.73 Å². The molecule has 21 heavy (non-hydrogen) atoms. The molecular formula is C15H18N2O3S. The Labute approximate surface area is 127 Å². The van der Waals surface area contributed by atoms with Crippen LogP contribution in [0.4, 0.5) is 0 Å². The van der Waals surface area contributed by atoms with Gasteiger partial charge in [0.05, 0.1) is 16.4 Å². The van der Waals surface area contributed by atoms with Crippen LogP contribution in [0.5, 0.6) is 0 Å². The van der Waals surface area contributed by atoms with Crippen molar-refractivity contribution < 1.29 is 14.4 Å². The molecule has 0 spiro atoms. The number of primary amides is 1. The Bertz CT molecular complexity index is 539. The number of imide groups is 1. The highest BCUT2D eigenvalue weighted by atomic mass is 32.2. The molecule has 0 bridgehead atoms. The van der Waals surface area contributed by atoms with Crippen LogP contribution < -0.4 is 5.73 Å². The lowest BCUT2D eigenvalue weighted by molar-refractivity contribution is -0.117. The van der Waals surface area contributed by atoms with Gasteiger partial charge >= 0.3 is 0 Å². The maximum absolute atomic E-state index is 12.1. The number of thioether (sulfide) groups is 1. The van der Waals surface area contributed by atoms with Crippen molar-refractivity contribution in [2.24, 2.45) is 5.73 Å². The number of nitrogens with zero attached hydrogens (tertiary/aromatic N) is 1. The average Bonchev–Trinajstić information content (AvgIpc) is 2.71. The van der Waals surface area contributed by atoms with Crippen LogP contribution in [0.25, 0.3) is 0 Å². The zero-order valence-electron chi connectivity index (χ0n) is 11.9. The Morgan fingerprint density at radius 2 is 1.76 bits per heavy atom. The number of nitrogens with two attached hydrogens (primary N) is 1. The van der Waals surface area contributed by atoms with E-state index in [0.29, 0.717) is 17.7 Å². The van der Waals surface area contributed by atoms with Crippen LogP contribution in [0.3, 0.4) is 0 Å². The Morgan fingerprint density at radius 3 is 2.29 bits per heavy atom. The largest absolute Gasteiger partial charge is 0.369 e. The zero-order valence-corrected chi connectivity index (χ0v) is 12.7. The second-order valence-electron chi connectivity index (χ2n) is 4.93. The van der Waals surface area contributed by atoms with Crippen LogP contribution in [0.15, 0.2) is 24.3 Å². The molecule has 3 amide bonds. The molecule has 5 nitrogen and oxygen atoms in total. The topological polar surface area (TPSA) is 80.5 Å². The highest BCUT2D eigenvalue weighted by molar-refractivity contribution is 8.00. The van der Waals surface area contributed by atoms with Crippen molar-refractivity contribution in [1.29, 1.82) is 0 Å². The molecule has 0 fully saturated rings. The standard InChI is InChI=1S/C15H18N2O3S/c1-10(13(16)18)21-9-5-4-8-17-14(19)11-6-2-3-7-12(11)15(17)20/h2-3,6-7,10H,4-5,8-9H2,1H3,(H2,16,18). The lowest BCUT2D eigenvalue weighted by Gasteiger charge is -2.13. The quantitative estimate of drug-likeness (QED) is 0.614. The van der Waals surface area contributed by atoms with Crippen molar-refractivity contribution in [3.05, 3.63) is 35.4 Å². The molecule has 0 saturated heterocycles. The summed E-state index contributed by atoms with van der Waals surface area (Å²) in [5.74, 6) is 0.0376. The van der Waals surface area contributed by atoms with E-state index in [-0.39, 0.29) is 23.0 Å². The van der Waals surface area contributed by atoms with Gasteiger partial charge in [-0.3, -0.25) is 19.3 Å². The minimum atomic E-state index is -0.319. The summed E-state index contributed by atoms with van der Waals surface area (Å²) in [6.45, 7) is 2.19. The van der Waals surface area contributed by atoms with E-state index < -0.39 is 0 Å². The fourth-order valence-corrected chi connectivity index (χ4v) is 3.05. The summed E-state index contributed by atoms with van der Waals surface area (Å²) < 4.78 is 0. The third-order valence-corrected chi connectivity index (χ3v) is 4.68. The Kier molecular flexibility index (Phi) is 5.01. The summed E-state index contributed by atoms with van der Waals surface area (Å²) in [7, 11) is 0. The lowest BCUT2D eigenvalue weighted by atomic mass is 10.1. The molecule has 1 aromatic carbocycles. The van der Waals surface area contributed by atoms with E-state index in [1.54, 1.807) is 31.2 Å². The maximum atomic E-state index is 12.1. The predicted molar refractivity (Wildman–Crippen MR) is 82.2 cm³/mol. The maximum Gasteiger partial charge on any atom is 0.261 e. The number of hydrogen-bond donors (Lipinski definition) is 1. The van der Waals surface area contributed by atoms with Gasteiger partial charge in [0.1, 0.15) is 0 Å². The van der Waals surface area contributed by atoms with Crippen LogP contribution in [-0.4, -0.2) is 40.2 Å². The van der Waals surface area contributed by atoms with Gasteiger partial charge in [-0.2, -0.15) is 0 Å². The molecule has 1 unspecified atom stereocenters. The number of rotatable bonds is 7. The highest BCUT2D eigenvalue weighted by Crippen LogP contribution is 2.23. The molecule has 1 aromatic rings. The molecule has 2 N–H and O–H groups in total. The number of amides is 3. The fourth-order valence-electron chi connectivity index (χ4n) is 2.16. The number of benzene rings is 1. The van der Waals surface area contributed by atoms with Gasteiger partial charge < -0.3 is 5.73 Å². The van der Waals surface area contributed by atoms with Crippen molar-refractivity contribution in [1.82, 2.24) is 4.90 Å². The van der Waals surface area contributed by atoms with Crippen LogP contribution in [0.2, 0.25) is 0 Å². The van der Waals surface area contributed by atoms with E-state index in [9.17, 15) is 14.4 Å². The molecule has 112 valence electrons. The summed E-state index contributed by atoms with van der Waals surface area (Å²) in [6, 6.07) is 6.88. The minimum absolute atomic E-state index is 0.204. The molecule has 6 heteroatoms. The molecule has 0 radical (unpaired) electrons. The second kappa shape index (κ2) is 6.76. The smallest absolute Gasteiger partial charge is 0.261 e. The third-order valence-electron chi connectivity index (χ3n) is 3.42. The van der Waals surface area contributed by atoms with Gasteiger partial charge in [-0.25, -0.2) is 0 Å². The lowest BCUT2D eigenvalue weighted by Crippen LogP contribution is -2.30. The SMILES string of the molecule is CC(SCCCCN1C(=O)c2ccccc2C1=O)C(N)=O. The summed E-state index contributed by atoms with van der Waals surface area (Å²) in [5, 5.41) is -0.204. The number of carbonyl (C=O) groups is 3. The zero-order chi connectivity index (χ0) is 15.4. The fraction of sp³-hybridized carbons (Fsp3) is 0.400. The van der Waals surface area contributed by atoms with Gasteiger partial charge in [0.15, 0.2) is 0 Å². The second-order valence-corrected chi connectivity index (χ2v) is 6.38. The van der Waals surface area contributed by atoms with Crippen molar-refractivity contribution in [2.45, 2.75) is 25.0 Å². The highest BCUT2D eigenvalue weighted by Gasteiger charge is 2.34. The van der Waals surface area contributed by atoms with E-state index >= 15 is 0 Å². The molecule has 0 aromatic heterocycles. The van der Waals surface area contributed by atoms with Gasteiger partial charge in [-0.15, -0.1) is 11.8 Å². The minimum Gasteiger partial charge on any atom is -0.369 e. The first-order valence-electron chi connectivity index (χ1n) is 6.88. The molecule has 0 saturated carbocycles. The van der Waals surface area contributed by atoms with Gasteiger partial charge in [0, 0.05) is 6.54 Å². The molecule has 1 aliphatic rings. The monoisotopic (exact) mass is 306 g/mol. The van der Waals surface area contributed by atoms with Gasteiger partial charge in [-0.1, -0.05) is 12.1 Å². The van der Waals surface area contributed by atoms with E-state index in [2.05, 4.69) is 0 Å². The van der Waals surface area contributed by atoms with Crippen LogP contribution in [0.1, 0.15) is 40.5 Å². The predicted octanol–water partition coefficient (Wildman–Crippen LogP) is 1.67. The molecule has 1 atom stereocenters. The average molecular weight is 306 g/mol. The summed E-state index contributed by atoms with van der Waals surface area (Å²) in [4.78, 5) is 36.4. The first-order valence-corrected chi connectivity index (χ1v) is 7.93. The van der Waals surface area contributed by atoms with Crippen molar-refractivity contribution >= 4 is 29.5 Å². The number of unbranched alkanes of at least 4 members (excludes halogenated alkanes) is 1. The van der Waals surface area contributed by atoms with Crippen molar-refractivity contribution in [3.63, 3.8) is 0 Å². The summed E-state index contributed by atoms with van der Waals surface area (Å²) >= 11 is 1.49. The van der Waals surface area contributed by atoms with E-state index in [0.717, 1.165) is 18.6 Å². The number of hydrogen-bond acceptors (Lipinski definition) is 4. The Morgan fingerprint density at radius 1 is 1.19 bits per heavy atom. The van der Waals surface area contributed by atoms with Gasteiger partial charge in [0.2, 0.25) is 5.91 Å². The number of carbonyl (C=O) groups excluding carboxylic acids is 3. The van der Waals surface area contributed by atoms with Gasteiger partial charge in [0.25, 0.3) is 11.8 Å². The van der Waals surface area contributed by atoms with Crippen LogP contribution >= 0.6 is 11.8 Å². The summed E-state index contributed by atoms with van der Waals surface area (Å²) in [6.07, 6.45) is 1.56. The normalized spacial score (nSPS) is 15.2. The van der Waals surface area contributed by atoms with Crippen molar-refractivity contribution in [3.8, 4) is 0 Å². The summed E-state index contributed by atoms with van der Waals surface area (Å²) in [5.41, 5.74) is 6.15. The molecule has 0 aliphatic carbocycles. The third kappa shape index (κ3) is 3.44. The number of fused-ring (bicyclic) bond motifs is 1. The Balaban J connectivity index is 1.79. The Hall–Kier alpha value is -1.82. The molecule has 1 aliphatic heterocycles. The van der Waals surface area contributed by atoms with Crippen molar-refractivity contribution in [2.75, 3.05) is 12.3 Å². The molecular weight excluding hydrogens is 288 g/mol. The van der Waals surface area contributed by atoms with Gasteiger partial charge in [-0.05, 0) is 37.7 Å². The first kappa shape index (κ1) is 15.6. The van der Waals surface area contributed by atoms with Crippen LogP contribution in [-0.2, 0) is 4.79 Å². The molecule has 1 heterocycles. The molecule has 2 rings (SSSR count). The van der Waals surface area contributed by atoms with E-state index in [1.165, 1.54) is 16.7 Å². The van der Waals surface area contributed by atoms with E-state index in [1.807, 2.05) is 0 Å². The van der Waals surface area contributed by atoms with Crippen LogP contribution in [0, 0.1) is 0 Å².